The highest BCUT2D eigenvalue weighted by Crippen LogP contribution is 2.24. The fraction of sp³-hybridized carbons (Fsp3) is 0.381. The first kappa shape index (κ1) is 18.9. The van der Waals surface area contributed by atoms with E-state index >= 15 is 0 Å². The van der Waals surface area contributed by atoms with Crippen LogP contribution in [-0.2, 0) is 29.6 Å². The van der Waals surface area contributed by atoms with E-state index < -0.39 is 5.63 Å². The van der Waals surface area contributed by atoms with E-state index in [0.717, 1.165) is 33.5 Å². The molecule has 0 aliphatic carbocycles. The molecule has 0 radical (unpaired) electrons. The van der Waals surface area contributed by atoms with Gasteiger partial charge in [-0.3, -0.25) is 9.48 Å². The fourth-order valence-corrected chi connectivity index (χ4v) is 3.28. The molecule has 0 atom stereocenters. The monoisotopic (exact) mass is 368 g/mol. The summed E-state index contributed by atoms with van der Waals surface area (Å²) in [7, 11) is 1.89. The lowest BCUT2D eigenvalue weighted by Gasteiger charge is -2.10. The van der Waals surface area contributed by atoms with Crippen molar-refractivity contribution >= 4 is 16.9 Å². The van der Waals surface area contributed by atoms with Crippen LogP contribution in [-0.4, -0.2) is 15.7 Å². The minimum Gasteiger partial charge on any atom is -0.461 e. The molecule has 2 heterocycles. The van der Waals surface area contributed by atoms with E-state index in [-0.39, 0.29) is 19.0 Å². The van der Waals surface area contributed by atoms with Crippen LogP contribution in [0.15, 0.2) is 27.4 Å². The second-order valence-electron chi connectivity index (χ2n) is 6.91. The van der Waals surface area contributed by atoms with Crippen molar-refractivity contribution in [3.05, 3.63) is 62.3 Å². The van der Waals surface area contributed by atoms with Crippen LogP contribution in [0.2, 0.25) is 0 Å². The summed E-state index contributed by atoms with van der Waals surface area (Å²) < 4.78 is 12.6. The van der Waals surface area contributed by atoms with Gasteiger partial charge in [-0.1, -0.05) is 12.1 Å². The van der Waals surface area contributed by atoms with Gasteiger partial charge in [-0.25, -0.2) is 4.79 Å². The summed E-state index contributed by atoms with van der Waals surface area (Å²) in [5, 5.41) is 5.16. The highest BCUT2D eigenvalue weighted by molar-refractivity contribution is 5.84. The van der Waals surface area contributed by atoms with Gasteiger partial charge in [0.15, 0.2) is 0 Å². The van der Waals surface area contributed by atoms with Crippen molar-refractivity contribution < 1.29 is 13.9 Å². The Morgan fingerprint density at radius 2 is 1.96 bits per heavy atom. The Balaban J connectivity index is 1.72. The van der Waals surface area contributed by atoms with Crippen LogP contribution in [0.1, 0.15) is 40.1 Å². The SMILES string of the molecule is Cc1ccc2c(COC(=O)CCc3c(C)nn(C)c3C)cc(=O)oc2c1C. The zero-order chi connectivity index (χ0) is 19.7. The molecular weight excluding hydrogens is 344 g/mol. The van der Waals surface area contributed by atoms with E-state index in [0.29, 0.717) is 17.6 Å². The first-order valence-electron chi connectivity index (χ1n) is 8.95. The second kappa shape index (κ2) is 7.39. The number of ether oxygens (including phenoxy) is 1. The van der Waals surface area contributed by atoms with E-state index in [4.69, 9.17) is 9.15 Å². The highest BCUT2D eigenvalue weighted by Gasteiger charge is 2.14. The van der Waals surface area contributed by atoms with Crippen molar-refractivity contribution in [2.45, 2.75) is 47.1 Å². The largest absolute Gasteiger partial charge is 0.461 e. The number of hydrogen-bond acceptors (Lipinski definition) is 5. The number of nitrogens with zero attached hydrogens (tertiary/aromatic N) is 2. The lowest BCUT2D eigenvalue weighted by atomic mass is 10.0. The van der Waals surface area contributed by atoms with Gasteiger partial charge in [0.2, 0.25) is 0 Å². The number of fused-ring (bicyclic) bond motifs is 1. The maximum absolute atomic E-state index is 12.2. The zero-order valence-electron chi connectivity index (χ0n) is 16.4. The Labute approximate surface area is 157 Å². The number of esters is 1. The molecule has 0 saturated heterocycles. The Hall–Kier alpha value is -2.89. The van der Waals surface area contributed by atoms with Crippen molar-refractivity contribution in [3.63, 3.8) is 0 Å². The molecule has 2 aromatic heterocycles. The summed E-state index contributed by atoms with van der Waals surface area (Å²) in [5.41, 5.74) is 5.79. The minimum atomic E-state index is -0.441. The Morgan fingerprint density at radius 3 is 2.63 bits per heavy atom. The summed E-state index contributed by atoms with van der Waals surface area (Å²) in [4.78, 5) is 24.1. The number of carbonyl (C=O) groups is 1. The van der Waals surface area contributed by atoms with Gasteiger partial charge >= 0.3 is 11.6 Å². The summed E-state index contributed by atoms with van der Waals surface area (Å²) >= 11 is 0. The topological polar surface area (TPSA) is 74.3 Å². The molecule has 0 amide bonds. The molecule has 0 unspecified atom stereocenters. The lowest BCUT2D eigenvalue weighted by Crippen LogP contribution is -2.09. The zero-order valence-corrected chi connectivity index (χ0v) is 16.4. The molecular formula is C21H24N2O4. The molecule has 0 saturated carbocycles. The molecule has 3 rings (SSSR count). The number of rotatable bonds is 5. The van der Waals surface area contributed by atoms with Gasteiger partial charge < -0.3 is 9.15 Å². The maximum Gasteiger partial charge on any atom is 0.336 e. The average molecular weight is 368 g/mol. The molecule has 27 heavy (non-hydrogen) atoms. The fourth-order valence-electron chi connectivity index (χ4n) is 3.28. The second-order valence-corrected chi connectivity index (χ2v) is 6.91. The van der Waals surface area contributed by atoms with E-state index in [1.165, 1.54) is 6.07 Å². The van der Waals surface area contributed by atoms with Crippen LogP contribution >= 0.6 is 0 Å². The molecule has 1 aromatic carbocycles. The van der Waals surface area contributed by atoms with E-state index in [1.54, 1.807) is 0 Å². The molecule has 0 aliphatic heterocycles. The average Bonchev–Trinajstić information content (AvgIpc) is 2.86. The maximum atomic E-state index is 12.2. The summed E-state index contributed by atoms with van der Waals surface area (Å²) in [5.74, 6) is -0.303. The van der Waals surface area contributed by atoms with Crippen LogP contribution in [0.5, 0.6) is 0 Å². The summed E-state index contributed by atoms with van der Waals surface area (Å²) in [6, 6.07) is 5.25. The third-order valence-corrected chi connectivity index (χ3v) is 5.14. The van der Waals surface area contributed by atoms with Gasteiger partial charge in [0.25, 0.3) is 0 Å². The summed E-state index contributed by atoms with van der Waals surface area (Å²) in [6.07, 6.45) is 0.852. The lowest BCUT2D eigenvalue weighted by molar-refractivity contribution is -0.144. The number of aromatic nitrogens is 2. The van der Waals surface area contributed by atoms with E-state index in [2.05, 4.69) is 5.10 Å². The summed E-state index contributed by atoms with van der Waals surface area (Å²) in [6.45, 7) is 7.85. The normalized spacial score (nSPS) is 11.1. The predicted octanol–water partition coefficient (Wildman–Crippen LogP) is 3.44. The highest BCUT2D eigenvalue weighted by atomic mass is 16.5. The quantitative estimate of drug-likeness (QED) is 0.509. The van der Waals surface area contributed by atoms with Crippen molar-refractivity contribution in [1.82, 2.24) is 9.78 Å². The number of carbonyl (C=O) groups excluding carboxylic acids is 1. The van der Waals surface area contributed by atoms with Crippen LogP contribution in [0.4, 0.5) is 0 Å². The van der Waals surface area contributed by atoms with E-state index in [1.807, 2.05) is 51.6 Å². The van der Waals surface area contributed by atoms with Crippen LogP contribution < -0.4 is 5.63 Å². The van der Waals surface area contributed by atoms with Crippen LogP contribution in [0.3, 0.4) is 0 Å². The molecule has 0 N–H and O–H groups in total. The molecule has 0 aliphatic rings. The van der Waals surface area contributed by atoms with Crippen LogP contribution in [0.25, 0.3) is 11.0 Å². The van der Waals surface area contributed by atoms with E-state index in [9.17, 15) is 9.59 Å². The number of benzene rings is 1. The third-order valence-electron chi connectivity index (χ3n) is 5.14. The van der Waals surface area contributed by atoms with Gasteiger partial charge in [0, 0.05) is 36.2 Å². The molecule has 142 valence electrons. The van der Waals surface area contributed by atoms with Gasteiger partial charge in [-0.05, 0) is 50.8 Å². The van der Waals surface area contributed by atoms with Gasteiger partial charge in [0.05, 0.1) is 5.69 Å². The van der Waals surface area contributed by atoms with Crippen molar-refractivity contribution in [1.29, 1.82) is 0 Å². The first-order chi connectivity index (χ1) is 12.8. The standard InChI is InChI=1S/C21H24N2O4/c1-12-6-7-18-16(10-20(25)27-21(18)13(12)2)11-26-19(24)9-8-17-14(3)22-23(5)15(17)4/h6-7,10H,8-9,11H2,1-5H3. The molecule has 0 bridgehead atoms. The van der Waals surface area contributed by atoms with Crippen molar-refractivity contribution in [3.8, 4) is 0 Å². The van der Waals surface area contributed by atoms with Gasteiger partial charge in [-0.2, -0.15) is 5.10 Å². The Kier molecular flexibility index (Phi) is 5.17. The minimum absolute atomic E-state index is 0.0500. The van der Waals surface area contributed by atoms with Gasteiger partial charge in [0.1, 0.15) is 12.2 Å². The number of hydrogen-bond donors (Lipinski definition) is 0. The molecule has 0 fully saturated rings. The van der Waals surface area contributed by atoms with Crippen LogP contribution in [0, 0.1) is 27.7 Å². The molecule has 6 heteroatoms. The van der Waals surface area contributed by atoms with Crippen molar-refractivity contribution in [2.75, 3.05) is 0 Å². The predicted molar refractivity (Wildman–Crippen MR) is 103 cm³/mol. The first-order valence-corrected chi connectivity index (χ1v) is 8.95. The molecule has 0 spiro atoms. The smallest absolute Gasteiger partial charge is 0.336 e. The number of aryl methyl sites for hydroxylation is 4. The molecule has 3 aromatic rings. The van der Waals surface area contributed by atoms with Crippen molar-refractivity contribution in [2.24, 2.45) is 7.05 Å². The molecule has 6 nitrogen and oxygen atoms in total. The van der Waals surface area contributed by atoms with Gasteiger partial charge in [-0.15, -0.1) is 0 Å². The Morgan fingerprint density at radius 1 is 1.22 bits per heavy atom. The Bertz CT molecular complexity index is 1080. The third kappa shape index (κ3) is 3.79.